The Bertz CT molecular complexity index is 671. The van der Waals surface area contributed by atoms with Crippen LogP contribution in [-0.4, -0.2) is 5.91 Å². The quantitative estimate of drug-likeness (QED) is 0.705. The normalized spacial score (nSPS) is 10.4. The van der Waals surface area contributed by atoms with Crippen LogP contribution < -0.4 is 5.32 Å². The monoisotopic (exact) mass is 379 g/mol. The van der Waals surface area contributed by atoms with E-state index in [4.69, 9.17) is 23.2 Å². The van der Waals surface area contributed by atoms with Crippen molar-refractivity contribution in [3.05, 3.63) is 62.0 Å². The molecule has 0 radical (unpaired) electrons. The van der Waals surface area contributed by atoms with Gasteiger partial charge in [0.1, 0.15) is 5.82 Å². The highest BCUT2D eigenvalue weighted by molar-refractivity contribution is 9.10. The van der Waals surface area contributed by atoms with Crippen LogP contribution in [0.1, 0.15) is 10.4 Å². The summed E-state index contributed by atoms with van der Waals surface area (Å²) in [7, 11) is 0. The van der Waals surface area contributed by atoms with Crippen LogP contribution in [0, 0.1) is 11.6 Å². The summed E-state index contributed by atoms with van der Waals surface area (Å²) in [5.74, 6) is -1.90. The molecule has 0 fully saturated rings. The van der Waals surface area contributed by atoms with Crippen molar-refractivity contribution in [3.8, 4) is 0 Å². The van der Waals surface area contributed by atoms with Crippen molar-refractivity contribution in [1.29, 1.82) is 0 Å². The minimum atomic E-state index is -0.765. The molecule has 0 saturated heterocycles. The van der Waals surface area contributed by atoms with E-state index in [2.05, 4.69) is 21.2 Å². The van der Waals surface area contributed by atoms with Crippen LogP contribution in [0.15, 0.2) is 34.8 Å². The van der Waals surface area contributed by atoms with Gasteiger partial charge < -0.3 is 5.32 Å². The largest absolute Gasteiger partial charge is 0.322 e. The summed E-state index contributed by atoms with van der Waals surface area (Å²) in [6, 6.07) is 6.49. The molecule has 0 spiro atoms. The van der Waals surface area contributed by atoms with Gasteiger partial charge in [-0.1, -0.05) is 29.3 Å². The maximum Gasteiger partial charge on any atom is 0.256 e. The number of rotatable bonds is 2. The van der Waals surface area contributed by atoms with Crippen molar-refractivity contribution in [2.45, 2.75) is 0 Å². The summed E-state index contributed by atoms with van der Waals surface area (Å²) in [5, 5.41) is 2.03. The first-order chi connectivity index (χ1) is 9.40. The SMILES string of the molecule is O=C(Nc1cc(Cl)c(F)c(Cl)c1)c1cccc(F)c1Br. The van der Waals surface area contributed by atoms with Gasteiger partial charge in [0.2, 0.25) is 0 Å². The van der Waals surface area contributed by atoms with Crippen LogP contribution in [0.4, 0.5) is 14.5 Å². The van der Waals surface area contributed by atoms with Gasteiger partial charge in [0, 0.05) is 5.69 Å². The zero-order valence-corrected chi connectivity index (χ0v) is 12.8. The van der Waals surface area contributed by atoms with Gasteiger partial charge in [0.25, 0.3) is 5.91 Å². The molecule has 7 heteroatoms. The van der Waals surface area contributed by atoms with Crippen molar-refractivity contribution in [3.63, 3.8) is 0 Å². The lowest BCUT2D eigenvalue weighted by atomic mass is 10.2. The fraction of sp³-hybridized carbons (Fsp3) is 0. The molecule has 0 aromatic heterocycles. The molecule has 0 aliphatic rings. The third kappa shape index (κ3) is 3.11. The van der Waals surface area contributed by atoms with E-state index in [1.807, 2.05) is 0 Å². The van der Waals surface area contributed by atoms with Gasteiger partial charge in [-0.05, 0) is 40.2 Å². The number of amides is 1. The van der Waals surface area contributed by atoms with Gasteiger partial charge in [0.05, 0.1) is 20.1 Å². The average molecular weight is 381 g/mol. The Kier molecular flexibility index (Phi) is 4.62. The maximum atomic E-state index is 13.3. The first kappa shape index (κ1) is 15.2. The highest BCUT2D eigenvalue weighted by Crippen LogP contribution is 2.28. The lowest BCUT2D eigenvalue weighted by Crippen LogP contribution is -2.13. The molecule has 0 saturated carbocycles. The summed E-state index contributed by atoms with van der Waals surface area (Å²) < 4.78 is 26.6. The predicted octanol–water partition coefficient (Wildman–Crippen LogP) is 5.29. The van der Waals surface area contributed by atoms with Gasteiger partial charge in [-0.15, -0.1) is 0 Å². The molecule has 2 aromatic carbocycles. The summed E-state index contributed by atoms with van der Waals surface area (Å²) in [4.78, 5) is 12.0. The Morgan fingerprint density at radius 2 is 1.75 bits per heavy atom. The molecule has 104 valence electrons. The average Bonchev–Trinajstić information content (AvgIpc) is 2.39. The first-order valence-corrected chi connectivity index (χ1v) is 6.85. The first-order valence-electron chi connectivity index (χ1n) is 5.30. The molecule has 2 nitrogen and oxygen atoms in total. The van der Waals surface area contributed by atoms with E-state index in [-0.39, 0.29) is 25.8 Å². The van der Waals surface area contributed by atoms with E-state index in [1.165, 1.54) is 30.3 Å². The number of nitrogens with one attached hydrogen (secondary N) is 1. The summed E-state index contributed by atoms with van der Waals surface area (Å²) in [6.07, 6.45) is 0. The van der Waals surface area contributed by atoms with Crippen LogP contribution in [0.5, 0.6) is 0 Å². The Morgan fingerprint density at radius 3 is 2.35 bits per heavy atom. The van der Waals surface area contributed by atoms with Crippen LogP contribution in [0.2, 0.25) is 10.0 Å². The van der Waals surface area contributed by atoms with Gasteiger partial charge in [0.15, 0.2) is 5.82 Å². The summed E-state index contributed by atoms with van der Waals surface area (Å²) >= 11 is 14.2. The van der Waals surface area contributed by atoms with Crippen molar-refractivity contribution < 1.29 is 13.6 Å². The molecule has 0 atom stereocenters. The molecular weight excluding hydrogens is 375 g/mol. The molecule has 0 unspecified atom stereocenters. The number of carbonyl (C=O) groups is 1. The third-order valence-corrected chi connectivity index (χ3v) is 3.79. The molecule has 1 amide bonds. The zero-order chi connectivity index (χ0) is 14.9. The Morgan fingerprint density at radius 1 is 1.15 bits per heavy atom. The van der Waals surface area contributed by atoms with Crippen molar-refractivity contribution in [1.82, 2.24) is 0 Å². The second-order valence-electron chi connectivity index (χ2n) is 3.81. The standard InChI is InChI=1S/C13H6BrCl2F2NO/c14-11-7(2-1-3-10(11)17)13(20)19-6-4-8(15)12(18)9(16)5-6/h1-5H,(H,19,20). The smallest absolute Gasteiger partial charge is 0.256 e. The summed E-state index contributed by atoms with van der Waals surface area (Å²) in [5.41, 5.74) is 0.309. The summed E-state index contributed by atoms with van der Waals surface area (Å²) in [6.45, 7) is 0. The molecular formula is C13H6BrCl2F2NO. The highest BCUT2D eigenvalue weighted by atomic mass is 79.9. The number of hydrogen-bond acceptors (Lipinski definition) is 1. The van der Waals surface area contributed by atoms with E-state index >= 15 is 0 Å². The van der Waals surface area contributed by atoms with E-state index in [0.29, 0.717) is 0 Å². The van der Waals surface area contributed by atoms with E-state index in [9.17, 15) is 13.6 Å². The number of benzene rings is 2. The lowest BCUT2D eigenvalue weighted by molar-refractivity contribution is 0.102. The number of halogens is 5. The fourth-order valence-electron chi connectivity index (χ4n) is 1.51. The third-order valence-electron chi connectivity index (χ3n) is 2.44. The minimum Gasteiger partial charge on any atom is -0.322 e. The molecule has 0 heterocycles. The maximum absolute atomic E-state index is 13.3. The second kappa shape index (κ2) is 6.08. The van der Waals surface area contributed by atoms with Crippen molar-refractivity contribution >= 4 is 50.7 Å². The Balaban J connectivity index is 2.30. The van der Waals surface area contributed by atoms with Crippen LogP contribution >= 0.6 is 39.1 Å². The molecule has 0 aliphatic heterocycles. The lowest BCUT2D eigenvalue weighted by Gasteiger charge is -2.09. The van der Waals surface area contributed by atoms with Crippen LogP contribution in [-0.2, 0) is 0 Å². The molecule has 2 rings (SSSR count). The molecule has 20 heavy (non-hydrogen) atoms. The van der Waals surface area contributed by atoms with Crippen molar-refractivity contribution in [2.24, 2.45) is 0 Å². The van der Waals surface area contributed by atoms with Crippen LogP contribution in [0.25, 0.3) is 0 Å². The van der Waals surface area contributed by atoms with E-state index < -0.39 is 17.5 Å². The molecule has 0 aliphatic carbocycles. The van der Waals surface area contributed by atoms with Gasteiger partial charge in [-0.3, -0.25) is 4.79 Å². The van der Waals surface area contributed by atoms with Crippen LogP contribution in [0.3, 0.4) is 0 Å². The number of carbonyl (C=O) groups excluding carboxylic acids is 1. The number of anilines is 1. The van der Waals surface area contributed by atoms with E-state index in [1.54, 1.807) is 0 Å². The Hall–Kier alpha value is -1.17. The van der Waals surface area contributed by atoms with Crippen molar-refractivity contribution in [2.75, 3.05) is 5.32 Å². The molecule has 0 bridgehead atoms. The van der Waals surface area contributed by atoms with Gasteiger partial charge in [-0.2, -0.15) is 0 Å². The molecule has 1 N–H and O–H groups in total. The van der Waals surface area contributed by atoms with Gasteiger partial charge >= 0.3 is 0 Å². The topological polar surface area (TPSA) is 29.1 Å². The highest BCUT2D eigenvalue weighted by Gasteiger charge is 2.15. The second-order valence-corrected chi connectivity index (χ2v) is 5.42. The van der Waals surface area contributed by atoms with Gasteiger partial charge in [-0.25, -0.2) is 8.78 Å². The predicted molar refractivity (Wildman–Crippen MR) is 78.5 cm³/mol. The number of hydrogen-bond donors (Lipinski definition) is 1. The fourth-order valence-corrected chi connectivity index (χ4v) is 2.44. The zero-order valence-electron chi connectivity index (χ0n) is 9.68. The molecule has 2 aromatic rings. The Labute approximate surface area is 131 Å². The van der Waals surface area contributed by atoms with E-state index in [0.717, 1.165) is 0 Å². The minimum absolute atomic E-state index is 0.0387.